The lowest BCUT2D eigenvalue weighted by atomic mass is 10.1. The van der Waals surface area contributed by atoms with E-state index in [1.807, 2.05) is 19.9 Å². The van der Waals surface area contributed by atoms with Crippen LogP contribution in [0.1, 0.15) is 11.3 Å². The number of carbonyl (C=O) groups is 1. The second-order valence-electron chi connectivity index (χ2n) is 4.84. The minimum absolute atomic E-state index is 0.407. The molecule has 0 aliphatic carbocycles. The van der Waals surface area contributed by atoms with Crippen LogP contribution in [-0.2, 0) is 0 Å². The quantitative estimate of drug-likeness (QED) is 0.715. The molecular formula is C15H14N4O2. The van der Waals surface area contributed by atoms with E-state index in [-0.39, 0.29) is 0 Å². The highest BCUT2D eigenvalue weighted by atomic mass is 16.4. The van der Waals surface area contributed by atoms with Crippen molar-refractivity contribution in [2.24, 2.45) is 0 Å². The van der Waals surface area contributed by atoms with Crippen LogP contribution in [0.3, 0.4) is 0 Å². The van der Waals surface area contributed by atoms with Crippen LogP contribution in [0.25, 0.3) is 22.3 Å². The molecule has 0 radical (unpaired) electrons. The monoisotopic (exact) mass is 282 g/mol. The zero-order valence-electron chi connectivity index (χ0n) is 11.7. The van der Waals surface area contributed by atoms with Crippen molar-refractivity contribution in [1.29, 1.82) is 0 Å². The van der Waals surface area contributed by atoms with E-state index in [9.17, 15) is 9.90 Å². The topological polar surface area (TPSA) is 94.0 Å². The van der Waals surface area contributed by atoms with Crippen LogP contribution in [0.4, 0.5) is 10.6 Å². The molecule has 0 aliphatic heterocycles. The summed E-state index contributed by atoms with van der Waals surface area (Å²) in [5, 5.41) is 10.4. The number of fused-ring (bicyclic) bond motifs is 1. The molecule has 0 amide bonds. The number of hydrogen-bond acceptors (Lipinski definition) is 4. The zero-order valence-corrected chi connectivity index (χ0v) is 11.7. The fraction of sp³-hybridized carbons (Fsp3) is 0.133. The molecule has 0 fully saturated rings. The average Bonchev–Trinajstić information content (AvgIpc) is 2.73. The highest BCUT2D eigenvalue weighted by Gasteiger charge is 2.22. The first-order valence-corrected chi connectivity index (χ1v) is 6.43. The minimum atomic E-state index is -1.07. The number of nitrogens with zero attached hydrogens (tertiary/aromatic N) is 3. The third-order valence-corrected chi connectivity index (χ3v) is 3.54. The lowest BCUT2D eigenvalue weighted by molar-refractivity contribution is 0.197. The van der Waals surface area contributed by atoms with Gasteiger partial charge in [-0.2, -0.15) is 0 Å². The van der Waals surface area contributed by atoms with Gasteiger partial charge in [-0.05, 0) is 43.7 Å². The van der Waals surface area contributed by atoms with E-state index < -0.39 is 6.09 Å². The highest BCUT2D eigenvalue weighted by Crippen LogP contribution is 2.33. The largest absolute Gasteiger partial charge is 0.464 e. The Labute approximate surface area is 120 Å². The van der Waals surface area contributed by atoms with Crippen molar-refractivity contribution in [3.8, 4) is 11.3 Å². The molecule has 3 aromatic rings. The summed E-state index contributed by atoms with van der Waals surface area (Å²) >= 11 is 0. The molecule has 0 aromatic carbocycles. The molecule has 0 aliphatic rings. The SMILES string of the molecule is Cc1nc(N)ccc1-c1c(C)c2cccnc2n1C(=O)O. The second-order valence-corrected chi connectivity index (χ2v) is 4.84. The standard InChI is InChI=1S/C15H14N4O2/c1-8-10-4-3-7-17-14(10)19(15(20)21)13(8)11-5-6-12(16)18-9(11)2/h3-7H,1-2H3,(H2,16,18)(H,20,21). The highest BCUT2D eigenvalue weighted by molar-refractivity contribution is 5.97. The van der Waals surface area contributed by atoms with Gasteiger partial charge in [-0.1, -0.05) is 0 Å². The Balaban J connectivity index is 2.44. The smallest absolute Gasteiger partial charge is 0.417 e. The van der Waals surface area contributed by atoms with E-state index in [0.717, 1.165) is 16.5 Å². The summed E-state index contributed by atoms with van der Waals surface area (Å²) in [4.78, 5) is 20.1. The van der Waals surface area contributed by atoms with Crippen LogP contribution in [0.2, 0.25) is 0 Å². The van der Waals surface area contributed by atoms with E-state index in [2.05, 4.69) is 9.97 Å². The summed E-state index contributed by atoms with van der Waals surface area (Å²) in [6.07, 6.45) is 0.511. The average molecular weight is 282 g/mol. The Morgan fingerprint density at radius 2 is 2.05 bits per heavy atom. The summed E-state index contributed by atoms with van der Waals surface area (Å²) < 4.78 is 1.20. The summed E-state index contributed by atoms with van der Waals surface area (Å²) in [5.74, 6) is 0.407. The third kappa shape index (κ3) is 1.92. The molecule has 6 heteroatoms. The Bertz CT molecular complexity index is 867. The van der Waals surface area contributed by atoms with Crippen LogP contribution in [-0.4, -0.2) is 25.7 Å². The summed E-state index contributed by atoms with van der Waals surface area (Å²) in [6.45, 7) is 3.69. The van der Waals surface area contributed by atoms with Crippen LogP contribution in [0.15, 0.2) is 30.5 Å². The number of anilines is 1. The first kappa shape index (κ1) is 13.1. The van der Waals surface area contributed by atoms with Crippen LogP contribution >= 0.6 is 0 Å². The van der Waals surface area contributed by atoms with Crippen molar-refractivity contribution in [3.05, 3.63) is 41.7 Å². The van der Waals surface area contributed by atoms with Gasteiger partial charge in [-0.25, -0.2) is 19.3 Å². The first-order chi connectivity index (χ1) is 10.0. The maximum absolute atomic E-state index is 11.7. The lowest BCUT2D eigenvalue weighted by Gasteiger charge is -2.09. The molecule has 3 aromatic heterocycles. The van der Waals surface area contributed by atoms with E-state index in [1.165, 1.54) is 4.57 Å². The van der Waals surface area contributed by atoms with Gasteiger partial charge in [0.1, 0.15) is 11.5 Å². The fourth-order valence-electron chi connectivity index (χ4n) is 2.61. The number of carboxylic acid groups (broad SMARTS) is 1. The molecular weight excluding hydrogens is 268 g/mol. The molecule has 3 heterocycles. The third-order valence-electron chi connectivity index (χ3n) is 3.54. The van der Waals surface area contributed by atoms with Crippen molar-refractivity contribution in [2.45, 2.75) is 13.8 Å². The lowest BCUT2D eigenvalue weighted by Crippen LogP contribution is -2.11. The Kier molecular flexibility index (Phi) is 2.86. The Hall–Kier alpha value is -2.89. The molecule has 0 saturated heterocycles. The number of rotatable bonds is 1. The van der Waals surface area contributed by atoms with Gasteiger partial charge < -0.3 is 10.8 Å². The van der Waals surface area contributed by atoms with Gasteiger partial charge in [0.15, 0.2) is 0 Å². The molecule has 0 spiro atoms. The number of pyridine rings is 2. The molecule has 0 unspecified atom stereocenters. The van der Waals surface area contributed by atoms with Crippen molar-refractivity contribution in [1.82, 2.24) is 14.5 Å². The van der Waals surface area contributed by atoms with E-state index in [0.29, 0.717) is 22.9 Å². The fourth-order valence-corrected chi connectivity index (χ4v) is 2.61. The predicted molar refractivity (Wildman–Crippen MR) is 80.3 cm³/mol. The summed E-state index contributed by atoms with van der Waals surface area (Å²) in [5.41, 5.74) is 8.96. The summed E-state index contributed by atoms with van der Waals surface area (Å²) in [7, 11) is 0. The van der Waals surface area contributed by atoms with Crippen LogP contribution in [0.5, 0.6) is 0 Å². The molecule has 21 heavy (non-hydrogen) atoms. The van der Waals surface area contributed by atoms with Gasteiger partial charge in [-0.15, -0.1) is 0 Å². The van der Waals surface area contributed by atoms with Gasteiger partial charge in [0.25, 0.3) is 0 Å². The first-order valence-electron chi connectivity index (χ1n) is 6.43. The minimum Gasteiger partial charge on any atom is -0.464 e. The molecule has 0 atom stereocenters. The normalized spacial score (nSPS) is 11.0. The Morgan fingerprint density at radius 1 is 1.29 bits per heavy atom. The van der Waals surface area contributed by atoms with Gasteiger partial charge in [-0.3, -0.25) is 0 Å². The van der Waals surface area contributed by atoms with Gasteiger partial charge >= 0.3 is 6.09 Å². The van der Waals surface area contributed by atoms with Gasteiger partial charge in [0, 0.05) is 22.8 Å². The van der Waals surface area contributed by atoms with Gasteiger partial charge in [0.2, 0.25) is 0 Å². The molecule has 6 nitrogen and oxygen atoms in total. The molecule has 3 N–H and O–H groups in total. The molecule has 0 bridgehead atoms. The second kappa shape index (κ2) is 4.59. The zero-order chi connectivity index (χ0) is 15.1. The number of nitrogen functional groups attached to an aromatic ring is 1. The predicted octanol–water partition coefficient (Wildman–Crippen LogP) is 2.82. The maximum atomic E-state index is 11.7. The van der Waals surface area contributed by atoms with Crippen molar-refractivity contribution < 1.29 is 9.90 Å². The van der Waals surface area contributed by atoms with Crippen LogP contribution in [0, 0.1) is 13.8 Å². The number of nitrogens with two attached hydrogens (primary N) is 1. The number of aryl methyl sites for hydroxylation is 2. The van der Waals surface area contributed by atoms with E-state index in [1.54, 1.807) is 24.4 Å². The molecule has 3 rings (SSSR count). The van der Waals surface area contributed by atoms with Crippen molar-refractivity contribution in [3.63, 3.8) is 0 Å². The Morgan fingerprint density at radius 3 is 2.71 bits per heavy atom. The maximum Gasteiger partial charge on any atom is 0.417 e. The number of hydrogen-bond donors (Lipinski definition) is 2. The summed E-state index contributed by atoms with van der Waals surface area (Å²) in [6, 6.07) is 7.11. The van der Waals surface area contributed by atoms with E-state index >= 15 is 0 Å². The number of aromatic nitrogens is 3. The van der Waals surface area contributed by atoms with Crippen molar-refractivity contribution >= 4 is 22.9 Å². The van der Waals surface area contributed by atoms with Gasteiger partial charge in [0.05, 0.1) is 5.69 Å². The molecule has 106 valence electrons. The molecule has 0 saturated carbocycles. The van der Waals surface area contributed by atoms with Crippen LogP contribution < -0.4 is 5.73 Å². The van der Waals surface area contributed by atoms with Crippen molar-refractivity contribution in [2.75, 3.05) is 5.73 Å². The van der Waals surface area contributed by atoms with E-state index in [4.69, 9.17) is 5.73 Å².